The number of hydrogen-bond donors (Lipinski definition) is 1. The van der Waals surface area contributed by atoms with Crippen LogP contribution in [0.4, 0.5) is 11.5 Å². The summed E-state index contributed by atoms with van der Waals surface area (Å²) in [5.74, 6) is 0.766. The molecule has 19 heavy (non-hydrogen) atoms. The van der Waals surface area contributed by atoms with Crippen molar-refractivity contribution in [3.8, 4) is 0 Å². The van der Waals surface area contributed by atoms with E-state index in [9.17, 15) is 10.1 Å². The predicted molar refractivity (Wildman–Crippen MR) is 73.4 cm³/mol. The summed E-state index contributed by atoms with van der Waals surface area (Å²) < 4.78 is 0. The summed E-state index contributed by atoms with van der Waals surface area (Å²) in [6.45, 7) is 2.78. The molecule has 0 spiro atoms. The summed E-state index contributed by atoms with van der Waals surface area (Å²) in [5.41, 5.74) is 0.0837. The Hall–Kier alpha value is -2.15. The summed E-state index contributed by atoms with van der Waals surface area (Å²) in [4.78, 5) is 19.3. The van der Waals surface area contributed by atoms with Crippen LogP contribution in [0.5, 0.6) is 0 Å². The molecule has 0 saturated heterocycles. The number of nitrogens with one attached hydrogen (secondary N) is 1. The van der Waals surface area contributed by atoms with Gasteiger partial charge >= 0.3 is 0 Å². The second-order valence-corrected chi connectivity index (χ2v) is 4.72. The van der Waals surface area contributed by atoms with Gasteiger partial charge < -0.3 is 5.32 Å². The fraction of sp³-hybridized carbons (Fsp3) is 0.167. The van der Waals surface area contributed by atoms with Crippen LogP contribution in [0.2, 0.25) is 0 Å². The van der Waals surface area contributed by atoms with Gasteiger partial charge in [0.2, 0.25) is 0 Å². The first-order valence-electron chi connectivity index (χ1n) is 5.67. The zero-order chi connectivity index (χ0) is 13.7. The molecule has 6 nitrogen and oxygen atoms in total. The number of hydrogen-bond acceptors (Lipinski definition) is 6. The van der Waals surface area contributed by atoms with Gasteiger partial charge in [0.1, 0.15) is 17.2 Å². The van der Waals surface area contributed by atoms with Gasteiger partial charge in [0, 0.05) is 29.6 Å². The Morgan fingerprint density at radius 2 is 2.05 bits per heavy atom. The van der Waals surface area contributed by atoms with Crippen molar-refractivity contribution in [3.05, 3.63) is 46.8 Å². The Kier molecular flexibility index (Phi) is 4.30. The molecule has 0 amide bonds. The van der Waals surface area contributed by atoms with Crippen LogP contribution in [-0.4, -0.2) is 21.4 Å². The maximum atomic E-state index is 10.6. The van der Waals surface area contributed by atoms with E-state index in [1.807, 2.05) is 13.0 Å². The van der Waals surface area contributed by atoms with E-state index in [-0.39, 0.29) is 5.69 Å². The van der Waals surface area contributed by atoms with Crippen LogP contribution >= 0.6 is 11.8 Å². The second kappa shape index (κ2) is 6.14. The smallest absolute Gasteiger partial charge is 0.269 e. The van der Waals surface area contributed by atoms with Crippen molar-refractivity contribution in [3.63, 3.8) is 0 Å². The van der Waals surface area contributed by atoms with Gasteiger partial charge in [-0.25, -0.2) is 9.97 Å². The van der Waals surface area contributed by atoms with Crippen LogP contribution in [0.15, 0.2) is 46.6 Å². The Balaban J connectivity index is 2.12. The lowest BCUT2D eigenvalue weighted by atomic mass is 10.3. The molecule has 0 saturated carbocycles. The van der Waals surface area contributed by atoms with Gasteiger partial charge in [-0.05, 0) is 19.1 Å². The van der Waals surface area contributed by atoms with Gasteiger partial charge in [0.15, 0.2) is 0 Å². The summed E-state index contributed by atoms with van der Waals surface area (Å²) in [6, 6.07) is 8.22. The molecule has 0 aliphatic heterocycles. The summed E-state index contributed by atoms with van der Waals surface area (Å²) >= 11 is 1.43. The van der Waals surface area contributed by atoms with Crippen LogP contribution in [0.25, 0.3) is 0 Å². The number of non-ortho nitro benzene ring substituents is 1. The molecule has 0 atom stereocenters. The number of anilines is 1. The highest BCUT2D eigenvalue weighted by atomic mass is 32.2. The number of benzene rings is 1. The van der Waals surface area contributed by atoms with Crippen molar-refractivity contribution in [2.75, 3.05) is 11.9 Å². The maximum Gasteiger partial charge on any atom is 0.269 e. The molecular formula is C12H12N4O2S. The second-order valence-electron chi connectivity index (χ2n) is 3.62. The monoisotopic (exact) mass is 276 g/mol. The molecule has 0 aliphatic rings. The first kappa shape index (κ1) is 13.3. The van der Waals surface area contributed by atoms with E-state index in [4.69, 9.17) is 0 Å². The number of rotatable bonds is 5. The van der Waals surface area contributed by atoms with Crippen molar-refractivity contribution in [2.24, 2.45) is 0 Å². The normalized spacial score (nSPS) is 10.2. The van der Waals surface area contributed by atoms with E-state index in [1.54, 1.807) is 12.1 Å². The molecule has 7 heteroatoms. The number of nitrogens with zero attached hydrogens (tertiary/aromatic N) is 3. The van der Waals surface area contributed by atoms with Crippen molar-refractivity contribution in [1.29, 1.82) is 0 Å². The highest BCUT2D eigenvalue weighted by Gasteiger charge is 2.06. The lowest BCUT2D eigenvalue weighted by Crippen LogP contribution is -1.99. The quantitative estimate of drug-likeness (QED) is 0.513. The third-order valence-corrected chi connectivity index (χ3v) is 3.21. The zero-order valence-corrected chi connectivity index (χ0v) is 11.1. The molecule has 0 aliphatic carbocycles. The van der Waals surface area contributed by atoms with E-state index in [0.717, 1.165) is 22.3 Å². The minimum Gasteiger partial charge on any atom is -0.370 e. The molecule has 1 N–H and O–H groups in total. The third-order valence-electron chi connectivity index (χ3n) is 2.27. The first-order valence-corrected chi connectivity index (χ1v) is 6.49. The molecule has 0 bridgehead atoms. The van der Waals surface area contributed by atoms with Crippen molar-refractivity contribution in [2.45, 2.75) is 16.8 Å². The lowest BCUT2D eigenvalue weighted by Gasteiger charge is -2.04. The van der Waals surface area contributed by atoms with Crippen LogP contribution in [0.1, 0.15) is 6.92 Å². The van der Waals surface area contributed by atoms with Gasteiger partial charge in [-0.3, -0.25) is 10.1 Å². The Bertz CT molecular complexity index is 574. The molecule has 0 radical (unpaired) electrons. The number of nitro benzene ring substituents is 1. The van der Waals surface area contributed by atoms with Crippen LogP contribution < -0.4 is 5.32 Å². The fourth-order valence-corrected chi connectivity index (χ4v) is 2.21. The standard InChI is InChI=1S/C12H12N4O2S/c1-2-13-11-7-12(15-8-14-11)19-10-5-3-9(4-6-10)16(17)18/h3-8H,2H2,1H3,(H,13,14,15). The largest absolute Gasteiger partial charge is 0.370 e. The highest BCUT2D eigenvalue weighted by molar-refractivity contribution is 7.99. The van der Waals surface area contributed by atoms with Gasteiger partial charge in [-0.15, -0.1) is 0 Å². The number of nitro groups is 1. The minimum absolute atomic E-state index is 0.0837. The predicted octanol–water partition coefficient (Wildman–Crippen LogP) is 2.97. The average Bonchev–Trinajstić information content (AvgIpc) is 2.40. The molecule has 98 valence electrons. The Morgan fingerprint density at radius 3 is 2.68 bits per heavy atom. The van der Waals surface area contributed by atoms with Gasteiger partial charge in [-0.2, -0.15) is 0 Å². The van der Waals surface area contributed by atoms with Gasteiger partial charge in [0.25, 0.3) is 5.69 Å². The topological polar surface area (TPSA) is 81.0 Å². The zero-order valence-electron chi connectivity index (χ0n) is 10.2. The minimum atomic E-state index is -0.414. The Labute approximate surface area is 114 Å². The maximum absolute atomic E-state index is 10.6. The van der Waals surface area contributed by atoms with Crippen molar-refractivity contribution < 1.29 is 4.92 Å². The lowest BCUT2D eigenvalue weighted by molar-refractivity contribution is -0.384. The van der Waals surface area contributed by atoms with E-state index < -0.39 is 4.92 Å². The molecule has 2 rings (SSSR count). The average molecular weight is 276 g/mol. The van der Waals surface area contributed by atoms with E-state index in [0.29, 0.717) is 0 Å². The molecule has 1 aromatic heterocycles. The van der Waals surface area contributed by atoms with Crippen LogP contribution in [0, 0.1) is 10.1 Å². The van der Waals surface area contributed by atoms with Gasteiger partial charge in [-0.1, -0.05) is 11.8 Å². The SMILES string of the molecule is CCNc1cc(Sc2ccc([N+](=O)[O-])cc2)ncn1. The number of aromatic nitrogens is 2. The highest BCUT2D eigenvalue weighted by Crippen LogP contribution is 2.28. The third kappa shape index (κ3) is 3.65. The van der Waals surface area contributed by atoms with Crippen LogP contribution in [-0.2, 0) is 0 Å². The van der Waals surface area contributed by atoms with Crippen molar-refractivity contribution >= 4 is 23.3 Å². The van der Waals surface area contributed by atoms with Crippen LogP contribution in [0.3, 0.4) is 0 Å². The Morgan fingerprint density at radius 1 is 1.32 bits per heavy atom. The van der Waals surface area contributed by atoms with Crippen molar-refractivity contribution in [1.82, 2.24) is 9.97 Å². The molecule has 2 aromatic rings. The molecule has 0 unspecified atom stereocenters. The first-order chi connectivity index (χ1) is 9.19. The van der Waals surface area contributed by atoms with E-state index >= 15 is 0 Å². The summed E-state index contributed by atoms with van der Waals surface area (Å²) in [7, 11) is 0. The van der Waals surface area contributed by atoms with E-state index in [1.165, 1.54) is 30.2 Å². The van der Waals surface area contributed by atoms with E-state index in [2.05, 4.69) is 15.3 Å². The fourth-order valence-electron chi connectivity index (χ4n) is 1.43. The summed E-state index contributed by atoms with van der Waals surface area (Å²) in [6.07, 6.45) is 1.49. The molecule has 1 heterocycles. The molecule has 0 fully saturated rings. The molecular weight excluding hydrogens is 264 g/mol. The summed E-state index contributed by atoms with van der Waals surface area (Å²) in [5, 5.41) is 14.5. The molecule has 1 aromatic carbocycles. The van der Waals surface area contributed by atoms with Gasteiger partial charge in [0.05, 0.1) is 4.92 Å².